The first kappa shape index (κ1) is 15.7. The van der Waals surface area contributed by atoms with Gasteiger partial charge in [0.2, 0.25) is 0 Å². The average Bonchev–Trinajstić information content (AvgIpc) is 3.09. The first-order valence-electron chi connectivity index (χ1n) is 7.27. The fraction of sp³-hybridized carbons (Fsp3) is 0.500. The lowest BCUT2D eigenvalue weighted by molar-refractivity contribution is -0.141. The van der Waals surface area contributed by atoms with Crippen LogP contribution in [0.2, 0.25) is 0 Å². The second-order valence-electron chi connectivity index (χ2n) is 5.60. The largest absolute Gasteiger partial charge is 0.433 e. The maximum atomic E-state index is 12.7. The third kappa shape index (κ3) is 3.79. The van der Waals surface area contributed by atoms with Crippen LogP contribution in [0.25, 0.3) is 0 Å². The molecule has 0 aromatic carbocycles. The molecule has 3 heterocycles. The van der Waals surface area contributed by atoms with Crippen LogP contribution < -0.4 is 5.32 Å². The van der Waals surface area contributed by atoms with Crippen molar-refractivity contribution in [2.24, 2.45) is 7.05 Å². The SMILES string of the molecule is Cn1nccc1CN1CCC(Nc2cc(C(F)(F)F)ncn2)C1. The van der Waals surface area contributed by atoms with Crippen LogP contribution in [0.15, 0.2) is 24.7 Å². The van der Waals surface area contributed by atoms with Gasteiger partial charge in [-0.05, 0) is 12.5 Å². The summed E-state index contributed by atoms with van der Waals surface area (Å²) in [6, 6.07) is 2.98. The number of anilines is 1. The predicted molar refractivity (Wildman–Crippen MR) is 77.5 cm³/mol. The minimum absolute atomic E-state index is 0.0687. The van der Waals surface area contributed by atoms with E-state index in [4.69, 9.17) is 0 Å². The van der Waals surface area contributed by atoms with Crippen molar-refractivity contribution in [1.29, 1.82) is 0 Å². The Hall–Kier alpha value is -2.16. The second kappa shape index (κ2) is 6.15. The molecule has 0 aliphatic carbocycles. The molecule has 23 heavy (non-hydrogen) atoms. The first-order chi connectivity index (χ1) is 10.9. The summed E-state index contributed by atoms with van der Waals surface area (Å²) in [4.78, 5) is 9.38. The molecule has 0 radical (unpaired) electrons. The minimum Gasteiger partial charge on any atom is -0.366 e. The van der Waals surface area contributed by atoms with E-state index in [1.165, 1.54) is 0 Å². The third-order valence-corrected chi connectivity index (χ3v) is 3.89. The highest BCUT2D eigenvalue weighted by Crippen LogP contribution is 2.28. The lowest BCUT2D eigenvalue weighted by Crippen LogP contribution is -2.27. The van der Waals surface area contributed by atoms with E-state index >= 15 is 0 Å². The molecule has 1 fully saturated rings. The zero-order valence-corrected chi connectivity index (χ0v) is 12.6. The molecule has 1 atom stereocenters. The van der Waals surface area contributed by atoms with Gasteiger partial charge < -0.3 is 5.32 Å². The van der Waals surface area contributed by atoms with Crippen LogP contribution in [0.5, 0.6) is 0 Å². The summed E-state index contributed by atoms with van der Waals surface area (Å²) in [5, 5.41) is 7.19. The van der Waals surface area contributed by atoms with E-state index in [-0.39, 0.29) is 11.9 Å². The smallest absolute Gasteiger partial charge is 0.366 e. The van der Waals surface area contributed by atoms with E-state index in [1.807, 2.05) is 17.8 Å². The summed E-state index contributed by atoms with van der Waals surface area (Å²) in [7, 11) is 1.89. The van der Waals surface area contributed by atoms with Crippen LogP contribution in [0, 0.1) is 0 Å². The van der Waals surface area contributed by atoms with Gasteiger partial charge in [0, 0.05) is 45.0 Å². The Morgan fingerprint density at radius 3 is 2.87 bits per heavy atom. The number of hydrogen-bond acceptors (Lipinski definition) is 5. The first-order valence-corrected chi connectivity index (χ1v) is 7.27. The van der Waals surface area contributed by atoms with Gasteiger partial charge in [0.15, 0.2) is 0 Å². The summed E-state index contributed by atoms with van der Waals surface area (Å²) < 4.78 is 39.8. The van der Waals surface area contributed by atoms with Crippen LogP contribution in [-0.2, 0) is 19.8 Å². The van der Waals surface area contributed by atoms with E-state index in [9.17, 15) is 13.2 Å². The van der Waals surface area contributed by atoms with Crippen molar-refractivity contribution in [3.8, 4) is 0 Å². The van der Waals surface area contributed by atoms with Crippen LogP contribution >= 0.6 is 0 Å². The van der Waals surface area contributed by atoms with Crippen molar-refractivity contribution in [3.05, 3.63) is 36.0 Å². The van der Waals surface area contributed by atoms with E-state index in [2.05, 4.69) is 25.3 Å². The number of rotatable bonds is 4. The van der Waals surface area contributed by atoms with Gasteiger partial charge in [0.1, 0.15) is 17.8 Å². The van der Waals surface area contributed by atoms with Crippen molar-refractivity contribution >= 4 is 5.82 Å². The number of nitrogens with one attached hydrogen (secondary N) is 1. The Kier molecular flexibility index (Phi) is 4.20. The predicted octanol–water partition coefficient (Wildman–Crippen LogP) is 1.92. The van der Waals surface area contributed by atoms with Gasteiger partial charge in [-0.2, -0.15) is 18.3 Å². The van der Waals surface area contributed by atoms with Gasteiger partial charge in [-0.15, -0.1) is 0 Å². The van der Waals surface area contributed by atoms with Crippen LogP contribution in [0.3, 0.4) is 0 Å². The fourth-order valence-electron chi connectivity index (χ4n) is 2.68. The van der Waals surface area contributed by atoms with Gasteiger partial charge in [-0.1, -0.05) is 0 Å². The lowest BCUT2D eigenvalue weighted by atomic mass is 10.2. The van der Waals surface area contributed by atoms with Crippen molar-refractivity contribution in [2.45, 2.75) is 25.2 Å². The van der Waals surface area contributed by atoms with Gasteiger partial charge in [-0.3, -0.25) is 9.58 Å². The number of likely N-dealkylation sites (tertiary alicyclic amines) is 1. The third-order valence-electron chi connectivity index (χ3n) is 3.89. The maximum Gasteiger partial charge on any atom is 0.433 e. The topological polar surface area (TPSA) is 58.9 Å². The number of nitrogens with zero attached hydrogens (tertiary/aromatic N) is 5. The van der Waals surface area contributed by atoms with Crippen LogP contribution in [0.4, 0.5) is 19.0 Å². The summed E-state index contributed by atoms with van der Waals surface area (Å²) in [5.41, 5.74) is 0.173. The summed E-state index contributed by atoms with van der Waals surface area (Å²) in [6.07, 6.45) is -0.919. The summed E-state index contributed by atoms with van der Waals surface area (Å²) >= 11 is 0. The summed E-state index contributed by atoms with van der Waals surface area (Å²) in [6.45, 7) is 2.39. The van der Waals surface area contributed by atoms with Gasteiger partial charge in [-0.25, -0.2) is 9.97 Å². The molecule has 6 nitrogen and oxygen atoms in total. The van der Waals surface area contributed by atoms with E-state index < -0.39 is 11.9 Å². The summed E-state index contributed by atoms with van der Waals surface area (Å²) in [5.74, 6) is 0.208. The maximum absolute atomic E-state index is 12.7. The molecular formula is C14H17F3N6. The Balaban J connectivity index is 1.59. The van der Waals surface area contributed by atoms with Gasteiger partial charge >= 0.3 is 6.18 Å². The van der Waals surface area contributed by atoms with Crippen molar-refractivity contribution in [3.63, 3.8) is 0 Å². The molecule has 0 saturated carbocycles. The van der Waals surface area contributed by atoms with Gasteiger partial charge in [0.05, 0.1) is 5.69 Å². The molecule has 1 aliphatic heterocycles. The second-order valence-corrected chi connectivity index (χ2v) is 5.60. The highest BCUT2D eigenvalue weighted by Gasteiger charge is 2.33. The van der Waals surface area contributed by atoms with E-state index in [0.29, 0.717) is 0 Å². The normalized spacial score (nSPS) is 19.2. The Morgan fingerprint density at radius 1 is 1.35 bits per heavy atom. The molecule has 3 rings (SSSR count). The molecule has 1 aliphatic rings. The number of aryl methyl sites for hydroxylation is 1. The highest BCUT2D eigenvalue weighted by molar-refractivity contribution is 5.37. The molecule has 124 valence electrons. The van der Waals surface area contributed by atoms with E-state index in [0.717, 1.165) is 44.1 Å². The number of aromatic nitrogens is 4. The molecular weight excluding hydrogens is 309 g/mol. The zero-order valence-electron chi connectivity index (χ0n) is 12.6. The molecule has 1 saturated heterocycles. The van der Waals surface area contributed by atoms with Crippen molar-refractivity contribution in [2.75, 3.05) is 18.4 Å². The molecule has 0 amide bonds. The monoisotopic (exact) mass is 326 g/mol. The van der Waals surface area contributed by atoms with Crippen LogP contribution in [0.1, 0.15) is 17.8 Å². The molecule has 1 N–H and O–H groups in total. The molecule has 0 bridgehead atoms. The number of halogens is 3. The van der Waals surface area contributed by atoms with Gasteiger partial charge in [0.25, 0.3) is 0 Å². The highest BCUT2D eigenvalue weighted by atomic mass is 19.4. The molecule has 2 aromatic rings. The van der Waals surface area contributed by atoms with E-state index in [1.54, 1.807) is 6.20 Å². The molecule has 9 heteroatoms. The minimum atomic E-state index is -4.46. The number of hydrogen-bond donors (Lipinski definition) is 1. The Labute approximate surface area is 131 Å². The van der Waals surface area contributed by atoms with Crippen molar-refractivity contribution < 1.29 is 13.2 Å². The molecule has 1 unspecified atom stereocenters. The van der Waals surface area contributed by atoms with Crippen molar-refractivity contribution in [1.82, 2.24) is 24.6 Å². The Morgan fingerprint density at radius 2 is 2.17 bits per heavy atom. The average molecular weight is 326 g/mol. The van der Waals surface area contributed by atoms with Crippen LogP contribution in [-0.4, -0.2) is 43.8 Å². The molecule has 2 aromatic heterocycles. The zero-order chi connectivity index (χ0) is 16.4. The molecule has 0 spiro atoms. The Bertz CT molecular complexity index is 669. The number of alkyl halides is 3. The fourth-order valence-corrected chi connectivity index (χ4v) is 2.68. The standard InChI is InChI=1S/C14H17F3N6/c1-22-11(2-4-20-22)8-23-5-3-10(7-23)21-13-6-12(14(15,16)17)18-9-19-13/h2,4,6,9-10H,3,5,7-8H2,1H3,(H,18,19,21). The lowest BCUT2D eigenvalue weighted by Gasteiger charge is -2.17. The quantitative estimate of drug-likeness (QED) is 0.930.